The van der Waals surface area contributed by atoms with Crippen molar-refractivity contribution in [3.63, 3.8) is 0 Å². The third kappa shape index (κ3) is 2.54. The highest BCUT2D eigenvalue weighted by Crippen LogP contribution is 2.26. The maximum absolute atomic E-state index is 9.81. The molecule has 0 aromatic heterocycles. The Morgan fingerprint density at radius 2 is 1.94 bits per heavy atom. The molecular formula is C13H18O3. The molecule has 2 rings (SSSR count). The van der Waals surface area contributed by atoms with E-state index in [0.717, 1.165) is 31.2 Å². The molecule has 16 heavy (non-hydrogen) atoms. The quantitative estimate of drug-likeness (QED) is 0.820. The van der Waals surface area contributed by atoms with Crippen molar-refractivity contribution in [3.8, 4) is 5.75 Å². The van der Waals surface area contributed by atoms with Crippen molar-refractivity contribution in [2.75, 3.05) is 0 Å². The molecule has 1 aromatic rings. The molecule has 0 radical (unpaired) electrons. The minimum atomic E-state index is -0.375. The van der Waals surface area contributed by atoms with Gasteiger partial charge in [0.05, 0.1) is 12.7 Å². The van der Waals surface area contributed by atoms with Gasteiger partial charge in [-0.25, -0.2) is 0 Å². The van der Waals surface area contributed by atoms with Crippen molar-refractivity contribution in [3.05, 3.63) is 29.8 Å². The van der Waals surface area contributed by atoms with Gasteiger partial charge < -0.3 is 14.9 Å². The Balaban J connectivity index is 2.07. The Labute approximate surface area is 95.7 Å². The first-order chi connectivity index (χ1) is 7.81. The SMILES string of the molecule is OCc1ccccc1O[C@@H]1CCCC[C@H]1O. The number of hydrogen-bond donors (Lipinski definition) is 2. The monoisotopic (exact) mass is 222 g/mol. The highest BCUT2D eigenvalue weighted by atomic mass is 16.5. The first-order valence-corrected chi connectivity index (χ1v) is 5.84. The molecule has 0 heterocycles. The number of aliphatic hydroxyl groups excluding tert-OH is 2. The molecule has 3 heteroatoms. The molecule has 0 spiro atoms. The van der Waals surface area contributed by atoms with Gasteiger partial charge in [0.2, 0.25) is 0 Å². The summed E-state index contributed by atoms with van der Waals surface area (Å²) in [5, 5.41) is 19.0. The average molecular weight is 222 g/mol. The van der Waals surface area contributed by atoms with E-state index in [1.807, 2.05) is 24.3 Å². The predicted molar refractivity (Wildman–Crippen MR) is 61.3 cm³/mol. The Hall–Kier alpha value is -1.06. The van der Waals surface area contributed by atoms with Gasteiger partial charge in [0.15, 0.2) is 0 Å². The van der Waals surface area contributed by atoms with Crippen molar-refractivity contribution < 1.29 is 14.9 Å². The van der Waals surface area contributed by atoms with E-state index in [0.29, 0.717) is 5.75 Å². The van der Waals surface area contributed by atoms with Crippen LogP contribution in [0, 0.1) is 0 Å². The van der Waals surface area contributed by atoms with Crippen LogP contribution in [-0.2, 0) is 6.61 Å². The summed E-state index contributed by atoms with van der Waals surface area (Å²) in [5.41, 5.74) is 0.778. The summed E-state index contributed by atoms with van der Waals surface area (Å²) in [6.45, 7) is -0.0288. The first kappa shape index (κ1) is 11.4. The molecule has 0 amide bonds. The second-order valence-electron chi connectivity index (χ2n) is 4.27. The van der Waals surface area contributed by atoms with E-state index < -0.39 is 0 Å². The highest BCUT2D eigenvalue weighted by molar-refractivity contribution is 5.32. The van der Waals surface area contributed by atoms with Gasteiger partial charge in [0.1, 0.15) is 11.9 Å². The smallest absolute Gasteiger partial charge is 0.125 e. The van der Waals surface area contributed by atoms with E-state index >= 15 is 0 Å². The van der Waals surface area contributed by atoms with Gasteiger partial charge in [-0.1, -0.05) is 24.6 Å². The fraction of sp³-hybridized carbons (Fsp3) is 0.538. The van der Waals surface area contributed by atoms with Crippen LogP contribution in [0.15, 0.2) is 24.3 Å². The predicted octanol–water partition coefficient (Wildman–Crippen LogP) is 1.86. The molecule has 0 unspecified atom stereocenters. The summed E-state index contributed by atoms with van der Waals surface area (Å²) in [5.74, 6) is 0.691. The van der Waals surface area contributed by atoms with E-state index in [1.54, 1.807) is 0 Å². The van der Waals surface area contributed by atoms with Gasteiger partial charge >= 0.3 is 0 Å². The minimum absolute atomic E-state index is 0.0288. The third-order valence-electron chi connectivity index (χ3n) is 3.09. The van der Waals surface area contributed by atoms with Crippen LogP contribution in [0.4, 0.5) is 0 Å². The van der Waals surface area contributed by atoms with Crippen molar-refractivity contribution in [2.24, 2.45) is 0 Å². The molecule has 1 saturated carbocycles. The van der Waals surface area contributed by atoms with E-state index in [1.165, 1.54) is 0 Å². The van der Waals surface area contributed by atoms with E-state index in [-0.39, 0.29) is 18.8 Å². The average Bonchev–Trinajstić information content (AvgIpc) is 2.33. The number of benzene rings is 1. The van der Waals surface area contributed by atoms with E-state index in [4.69, 9.17) is 4.74 Å². The molecule has 0 saturated heterocycles. The van der Waals surface area contributed by atoms with Crippen molar-refractivity contribution in [1.29, 1.82) is 0 Å². The molecule has 1 aliphatic rings. The zero-order valence-corrected chi connectivity index (χ0v) is 9.30. The summed E-state index contributed by atoms with van der Waals surface area (Å²) in [4.78, 5) is 0. The van der Waals surface area contributed by atoms with E-state index in [2.05, 4.69) is 0 Å². The molecule has 2 atom stereocenters. The Morgan fingerprint density at radius 3 is 2.69 bits per heavy atom. The molecular weight excluding hydrogens is 204 g/mol. The number of para-hydroxylation sites is 1. The lowest BCUT2D eigenvalue weighted by Crippen LogP contribution is -2.34. The molecule has 0 aliphatic heterocycles. The lowest BCUT2D eigenvalue weighted by molar-refractivity contribution is 0.00587. The maximum Gasteiger partial charge on any atom is 0.125 e. The van der Waals surface area contributed by atoms with Gasteiger partial charge in [-0.05, 0) is 25.3 Å². The lowest BCUT2D eigenvalue weighted by atomic mass is 9.95. The van der Waals surface area contributed by atoms with Gasteiger partial charge in [-0.2, -0.15) is 0 Å². The van der Waals surface area contributed by atoms with Gasteiger partial charge in [-0.15, -0.1) is 0 Å². The van der Waals surface area contributed by atoms with Gasteiger partial charge in [-0.3, -0.25) is 0 Å². The van der Waals surface area contributed by atoms with Crippen molar-refractivity contribution >= 4 is 0 Å². The van der Waals surface area contributed by atoms with Crippen molar-refractivity contribution in [1.82, 2.24) is 0 Å². The number of ether oxygens (including phenoxy) is 1. The van der Waals surface area contributed by atoms with Crippen LogP contribution in [0.25, 0.3) is 0 Å². The summed E-state index contributed by atoms with van der Waals surface area (Å²) in [7, 11) is 0. The molecule has 2 N–H and O–H groups in total. The molecule has 1 fully saturated rings. The molecule has 1 aromatic carbocycles. The second-order valence-corrected chi connectivity index (χ2v) is 4.27. The second kappa shape index (κ2) is 5.32. The molecule has 3 nitrogen and oxygen atoms in total. The Bertz CT molecular complexity index is 338. The third-order valence-corrected chi connectivity index (χ3v) is 3.09. The summed E-state index contributed by atoms with van der Waals surface area (Å²) < 4.78 is 5.78. The highest BCUT2D eigenvalue weighted by Gasteiger charge is 2.25. The molecule has 88 valence electrons. The van der Waals surface area contributed by atoms with Crippen LogP contribution < -0.4 is 4.74 Å². The summed E-state index contributed by atoms with van der Waals surface area (Å²) in [6.07, 6.45) is 3.38. The van der Waals surface area contributed by atoms with Crippen LogP contribution in [-0.4, -0.2) is 22.4 Å². The van der Waals surface area contributed by atoms with Crippen molar-refractivity contribution in [2.45, 2.75) is 44.5 Å². The van der Waals surface area contributed by atoms with Gasteiger partial charge in [0, 0.05) is 5.56 Å². The zero-order chi connectivity index (χ0) is 11.4. The topological polar surface area (TPSA) is 49.7 Å². The molecule has 1 aliphatic carbocycles. The van der Waals surface area contributed by atoms with Crippen LogP contribution in [0.1, 0.15) is 31.2 Å². The van der Waals surface area contributed by atoms with Crippen LogP contribution in [0.2, 0.25) is 0 Å². The fourth-order valence-corrected chi connectivity index (χ4v) is 2.13. The maximum atomic E-state index is 9.81. The fourth-order valence-electron chi connectivity index (χ4n) is 2.13. The minimum Gasteiger partial charge on any atom is -0.487 e. The standard InChI is InChI=1S/C13H18O3/c14-9-10-5-1-3-7-12(10)16-13-8-4-2-6-11(13)15/h1,3,5,7,11,13-15H,2,4,6,8-9H2/t11-,13-/m1/s1. The number of aliphatic hydroxyl groups is 2. The summed E-state index contributed by atoms with van der Waals surface area (Å²) >= 11 is 0. The number of hydrogen-bond acceptors (Lipinski definition) is 3. The van der Waals surface area contributed by atoms with E-state index in [9.17, 15) is 10.2 Å². The van der Waals surface area contributed by atoms with Crippen LogP contribution >= 0.6 is 0 Å². The summed E-state index contributed by atoms with van der Waals surface area (Å²) in [6, 6.07) is 7.43. The number of rotatable bonds is 3. The zero-order valence-electron chi connectivity index (χ0n) is 9.30. The molecule has 0 bridgehead atoms. The first-order valence-electron chi connectivity index (χ1n) is 5.84. The Kier molecular flexibility index (Phi) is 3.80. The van der Waals surface area contributed by atoms with Gasteiger partial charge in [0.25, 0.3) is 0 Å². The Morgan fingerprint density at radius 1 is 1.19 bits per heavy atom. The normalized spacial score (nSPS) is 25.4. The largest absolute Gasteiger partial charge is 0.487 e. The van der Waals surface area contributed by atoms with Crippen LogP contribution in [0.5, 0.6) is 5.75 Å². The van der Waals surface area contributed by atoms with Crippen LogP contribution in [0.3, 0.4) is 0 Å². The lowest BCUT2D eigenvalue weighted by Gasteiger charge is -2.28.